The van der Waals surface area contributed by atoms with E-state index in [9.17, 15) is 9.59 Å². The molecule has 0 bridgehead atoms. The van der Waals surface area contributed by atoms with E-state index < -0.39 is 11.8 Å². The van der Waals surface area contributed by atoms with Crippen molar-refractivity contribution in [3.05, 3.63) is 23.5 Å². The van der Waals surface area contributed by atoms with E-state index in [0.29, 0.717) is 5.69 Å². The molecule has 2 amide bonds. The van der Waals surface area contributed by atoms with Gasteiger partial charge in [0.25, 0.3) is 0 Å². The third kappa shape index (κ3) is 5.18. The zero-order chi connectivity index (χ0) is 17.3. The van der Waals surface area contributed by atoms with Crippen molar-refractivity contribution in [1.82, 2.24) is 15.6 Å². The molecule has 0 radical (unpaired) electrons. The van der Waals surface area contributed by atoms with Gasteiger partial charge in [-0.25, -0.2) is 4.98 Å². The minimum Gasteiger partial charge on any atom is -0.345 e. The molecule has 0 unspecified atom stereocenters. The van der Waals surface area contributed by atoms with Crippen LogP contribution in [-0.2, 0) is 9.59 Å². The Labute approximate surface area is 141 Å². The number of carbonyl (C=O) groups is 2. The van der Waals surface area contributed by atoms with E-state index >= 15 is 0 Å². The number of nitrogens with one attached hydrogen (secondary N) is 3. The van der Waals surface area contributed by atoms with Gasteiger partial charge in [-0.15, -0.1) is 0 Å². The predicted molar refractivity (Wildman–Crippen MR) is 90.3 cm³/mol. The van der Waals surface area contributed by atoms with Crippen molar-refractivity contribution in [2.45, 2.75) is 57.7 Å². The first kappa shape index (κ1) is 17.7. The number of aromatic nitrogens is 1. The molecular formula is C16H23ClN4O2. The van der Waals surface area contributed by atoms with Crippen LogP contribution in [0, 0.1) is 0 Å². The Hall–Kier alpha value is -1.66. The number of rotatable bonds is 2. The Morgan fingerprint density at radius 3 is 2.39 bits per heavy atom. The first-order valence-corrected chi connectivity index (χ1v) is 7.97. The van der Waals surface area contributed by atoms with Crippen molar-refractivity contribution >= 4 is 29.1 Å². The number of hydrogen-bond donors (Lipinski definition) is 3. The molecule has 0 spiro atoms. The maximum Gasteiger partial charge on any atom is 0.313 e. The molecule has 0 atom stereocenters. The lowest BCUT2D eigenvalue weighted by Gasteiger charge is -2.46. The third-order valence-corrected chi connectivity index (χ3v) is 3.92. The lowest BCUT2D eigenvalue weighted by Crippen LogP contribution is -2.62. The average Bonchev–Trinajstić information content (AvgIpc) is 2.34. The van der Waals surface area contributed by atoms with Crippen molar-refractivity contribution < 1.29 is 9.59 Å². The van der Waals surface area contributed by atoms with Gasteiger partial charge in [0.05, 0.1) is 0 Å². The van der Waals surface area contributed by atoms with Crippen LogP contribution in [0.4, 0.5) is 5.69 Å². The van der Waals surface area contributed by atoms with Crippen LogP contribution in [0.5, 0.6) is 0 Å². The van der Waals surface area contributed by atoms with Gasteiger partial charge >= 0.3 is 11.8 Å². The number of nitrogens with zero attached hydrogens (tertiary/aromatic N) is 1. The van der Waals surface area contributed by atoms with Crippen LogP contribution in [0.15, 0.2) is 18.3 Å². The van der Waals surface area contributed by atoms with Crippen LogP contribution in [-0.4, -0.2) is 33.9 Å². The van der Waals surface area contributed by atoms with Gasteiger partial charge in [-0.3, -0.25) is 9.59 Å². The van der Waals surface area contributed by atoms with Crippen LogP contribution in [0.25, 0.3) is 0 Å². The molecule has 0 aromatic carbocycles. The SMILES string of the molecule is CC1(C)CC(NC(=O)C(=O)Nc2ccnc(Cl)c2)CC(C)(C)N1. The van der Waals surface area contributed by atoms with E-state index in [-0.39, 0.29) is 22.3 Å². The number of anilines is 1. The molecule has 0 aliphatic carbocycles. The van der Waals surface area contributed by atoms with Gasteiger partial charge in [-0.05, 0) is 52.7 Å². The average molecular weight is 339 g/mol. The molecule has 1 fully saturated rings. The van der Waals surface area contributed by atoms with E-state index in [1.54, 1.807) is 6.07 Å². The molecule has 0 saturated carbocycles. The second-order valence-corrected chi connectivity index (χ2v) is 7.68. The summed E-state index contributed by atoms with van der Waals surface area (Å²) in [6.07, 6.45) is 2.99. The molecule has 7 heteroatoms. The van der Waals surface area contributed by atoms with E-state index in [4.69, 9.17) is 11.6 Å². The number of piperidine rings is 1. The Morgan fingerprint density at radius 1 is 1.22 bits per heavy atom. The number of hydrogen-bond acceptors (Lipinski definition) is 4. The highest BCUT2D eigenvalue weighted by Gasteiger charge is 2.38. The van der Waals surface area contributed by atoms with Gasteiger partial charge in [0.1, 0.15) is 5.15 Å². The maximum absolute atomic E-state index is 12.1. The molecule has 1 saturated heterocycles. The number of halogens is 1. The first-order valence-electron chi connectivity index (χ1n) is 7.59. The minimum absolute atomic E-state index is 0.0551. The van der Waals surface area contributed by atoms with E-state index in [1.165, 1.54) is 12.3 Å². The Kier molecular flexibility index (Phi) is 4.96. The molecule has 1 aromatic heterocycles. The topological polar surface area (TPSA) is 83.1 Å². The summed E-state index contributed by atoms with van der Waals surface area (Å²) in [6.45, 7) is 8.36. The number of carbonyl (C=O) groups excluding carboxylic acids is 2. The van der Waals surface area contributed by atoms with Gasteiger partial charge in [-0.2, -0.15) is 0 Å². The molecule has 126 valence electrons. The summed E-state index contributed by atoms with van der Waals surface area (Å²) in [5.41, 5.74) is 0.236. The Bertz CT molecular complexity index is 600. The van der Waals surface area contributed by atoms with E-state index in [0.717, 1.165) is 12.8 Å². The summed E-state index contributed by atoms with van der Waals surface area (Å²) in [5.74, 6) is -1.35. The fraction of sp³-hybridized carbons (Fsp3) is 0.562. The minimum atomic E-state index is -0.707. The quantitative estimate of drug-likeness (QED) is 0.569. The molecule has 1 aromatic rings. The highest BCUT2D eigenvalue weighted by molar-refractivity contribution is 6.39. The second-order valence-electron chi connectivity index (χ2n) is 7.29. The maximum atomic E-state index is 12.1. The Morgan fingerprint density at radius 2 is 1.83 bits per heavy atom. The predicted octanol–water partition coefficient (Wildman–Crippen LogP) is 2.10. The molecule has 1 aliphatic heterocycles. The molecule has 2 rings (SSSR count). The van der Waals surface area contributed by atoms with Gasteiger partial charge in [0.15, 0.2) is 0 Å². The molecular weight excluding hydrogens is 316 g/mol. The summed E-state index contributed by atoms with van der Waals surface area (Å²) in [5, 5.41) is 9.14. The molecule has 2 heterocycles. The highest BCUT2D eigenvalue weighted by atomic mass is 35.5. The van der Waals surface area contributed by atoms with Crippen LogP contribution in [0.1, 0.15) is 40.5 Å². The van der Waals surface area contributed by atoms with Crippen LogP contribution < -0.4 is 16.0 Å². The lowest BCUT2D eigenvalue weighted by molar-refractivity contribution is -0.137. The van der Waals surface area contributed by atoms with Crippen molar-refractivity contribution in [3.63, 3.8) is 0 Å². The second kappa shape index (κ2) is 6.45. The zero-order valence-electron chi connectivity index (χ0n) is 13.9. The van der Waals surface area contributed by atoms with Crippen molar-refractivity contribution in [2.75, 3.05) is 5.32 Å². The van der Waals surface area contributed by atoms with E-state index in [1.807, 2.05) is 0 Å². The first-order chi connectivity index (χ1) is 10.6. The summed E-state index contributed by atoms with van der Waals surface area (Å²) < 4.78 is 0. The number of amides is 2. The molecule has 23 heavy (non-hydrogen) atoms. The Balaban J connectivity index is 1.97. The van der Waals surface area contributed by atoms with Crippen LogP contribution >= 0.6 is 11.6 Å². The monoisotopic (exact) mass is 338 g/mol. The van der Waals surface area contributed by atoms with Gasteiger partial charge in [-0.1, -0.05) is 11.6 Å². The summed E-state index contributed by atoms with van der Waals surface area (Å²) >= 11 is 5.76. The van der Waals surface area contributed by atoms with Crippen molar-refractivity contribution in [3.8, 4) is 0 Å². The fourth-order valence-electron chi connectivity index (χ4n) is 3.34. The number of pyridine rings is 1. The van der Waals surface area contributed by atoms with Gasteiger partial charge in [0, 0.05) is 29.0 Å². The van der Waals surface area contributed by atoms with Crippen LogP contribution in [0.2, 0.25) is 5.15 Å². The van der Waals surface area contributed by atoms with Gasteiger partial charge < -0.3 is 16.0 Å². The summed E-state index contributed by atoms with van der Waals surface area (Å²) in [6, 6.07) is 3.01. The normalized spacial score (nSPS) is 19.9. The zero-order valence-corrected chi connectivity index (χ0v) is 14.6. The summed E-state index contributed by atoms with van der Waals surface area (Å²) in [4.78, 5) is 28.0. The van der Waals surface area contributed by atoms with E-state index in [2.05, 4.69) is 48.6 Å². The van der Waals surface area contributed by atoms with Crippen molar-refractivity contribution in [1.29, 1.82) is 0 Å². The fourth-order valence-corrected chi connectivity index (χ4v) is 3.52. The van der Waals surface area contributed by atoms with Gasteiger partial charge in [0.2, 0.25) is 0 Å². The van der Waals surface area contributed by atoms with Crippen molar-refractivity contribution in [2.24, 2.45) is 0 Å². The smallest absolute Gasteiger partial charge is 0.313 e. The molecule has 6 nitrogen and oxygen atoms in total. The summed E-state index contributed by atoms with van der Waals surface area (Å²) in [7, 11) is 0. The lowest BCUT2D eigenvalue weighted by atomic mass is 9.79. The molecule has 1 aliphatic rings. The largest absolute Gasteiger partial charge is 0.345 e. The third-order valence-electron chi connectivity index (χ3n) is 3.72. The van der Waals surface area contributed by atoms with Crippen LogP contribution in [0.3, 0.4) is 0 Å². The molecule has 3 N–H and O–H groups in total. The highest BCUT2D eigenvalue weighted by Crippen LogP contribution is 2.28. The standard InChI is InChI=1S/C16H23ClN4O2/c1-15(2)8-11(9-16(3,4)21-15)20-14(23)13(22)19-10-5-6-18-12(17)7-10/h5-7,11,21H,8-9H2,1-4H3,(H,20,23)(H,18,19,22).